The molecule has 1 heterocycles. The molecule has 1 N–H and O–H groups in total. The first-order valence-electron chi connectivity index (χ1n) is 5.12. The SMILES string of the molecule is N#Cc1c(Cl)cccc1NCc1cccnc1. The van der Waals surface area contributed by atoms with Crippen LogP contribution in [-0.2, 0) is 6.54 Å². The van der Waals surface area contributed by atoms with E-state index in [4.69, 9.17) is 16.9 Å². The summed E-state index contributed by atoms with van der Waals surface area (Å²) >= 11 is 5.94. The summed E-state index contributed by atoms with van der Waals surface area (Å²) in [5, 5.41) is 12.6. The van der Waals surface area contributed by atoms with Crippen LogP contribution in [0.5, 0.6) is 0 Å². The van der Waals surface area contributed by atoms with Gasteiger partial charge in [-0.05, 0) is 23.8 Å². The van der Waals surface area contributed by atoms with Crippen LogP contribution in [0.15, 0.2) is 42.7 Å². The van der Waals surface area contributed by atoms with Gasteiger partial charge >= 0.3 is 0 Å². The van der Waals surface area contributed by atoms with Gasteiger partial charge in [0.15, 0.2) is 0 Å². The molecule has 0 aliphatic carbocycles. The molecule has 3 nitrogen and oxygen atoms in total. The Bertz CT molecular complexity index is 546. The van der Waals surface area contributed by atoms with Crippen molar-refractivity contribution in [3.05, 3.63) is 58.9 Å². The second-order valence-corrected chi connectivity index (χ2v) is 3.90. The van der Waals surface area contributed by atoms with Crippen LogP contribution >= 0.6 is 11.6 Å². The minimum absolute atomic E-state index is 0.462. The number of hydrogen-bond acceptors (Lipinski definition) is 3. The molecular weight excluding hydrogens is 234 g/mol. The van der Waals surface area contributed by atoms with Crippen LogP contribution in [-0.4, -0.2) is 4.98 Å². The molecule has 0 saturated heterocycles. The Kier molecular flexibility index (Phi) is 3.59. The Morgan fingerprint density at radius 1 is 1.29 bits per heavy atom. The van der Waals surface area contributed by atoms with Gasteiger partial charge in [-0.3, -0.25) is 4.98 Å². The minimum atomic E-state index is 0.462. The van der Waals surface area contributed by atoms with Crippen molar-refractivity contribution in [1.29, 1.82) is 5.26 Å². The van der Waals surface area contributed by atoms with Crippen molar-refractivity contribution in [1.82, 2.24) is 4.98 Å². The van der Waals surface area contributed by atoms with Crippen molar-refractivity contribution in [2.24, 2.45) is 0 Å². The third kappa shape index (κ3) is 2.74. The molecule has 0 bridgehead atoms. The normalized spacial score (nSPS) is 9.65. The fourth-order valence-corrected chi connectivity index (χ4v) is 1.70. The minimum Gasteiger partial charge on any atom is -0.380 e. The molecule has 0 aliphatic rings. The van der Waals surface area contributed by atoms with E-state index in [1.165, 1.54) is 0 Å². The van der Waals surface area contributed by atoms with Crippen molar-refractivity contribution < 1.29 is 0 Å². The number of nitrogens with zero attached hydrogens (tertiary/aromatic N) is 2. The number of benzene rings is 1. The Morgan fingerprint density at radius 2 is 2.18 bits per heavy atom. The van der Waals surface area contributed by atoms with Gasteiger partial charge in [0.1, 0.15) is 6.07 Å². The zero-order valence-corrected chi connectivity index (χ0v) is 9.78. The van der Waals surface area contributed by atoms with Gasteiger partial charge in [-0.1, -0.05) is 23.7 Å². The van der Waals surface area contributed by atoms with Crippen molar-refractivity contribution in [3.8, 4) is 6.07 Å². The average Bonchev–Trinajstić information content (AvgIpc) is 2.37. The molecule has 0 unspecified atom stereocenters. The van der Waals surface area contributed by atoms with E-state index >= 15 is 0 Å². The Hall–Kier alpha value is -2.05. The van der Waals surface area contributed by atoms with Crippen LogP contribution in [0.3, 0.4) is 0 Å². The van der Waals surface area contributed by atoms with Crippen molar-refractivity contribution in [2.45, 2.75) is 6.54 Å². The smallest absolute Gasteiger partial charge is 0.103 e. The second kappa shape index (κ2) is 5.33. The van der Waals surface area contributed by atoms with Crippen LogP contribution in [0.25, 0.3) is 0 Å². The molecule has 0 radical (unpaired) electrons. The molecule has 84 valence electrons. The Morgan fingerprint density at radius 3 is 2.88 bits per heavy atom. The van der Waals surface area contributed by atoms with Crippen molar-refractivity contribution in [3.63, 3.8) is 0 Å². The molecule has 0 fully saturated rings. The highest BCUT2D eigenvalue weighted by molar-refractivity contribution is 6.32. The first-order valence-corrected chi connectivity index (χ1v) is 5.50. The molecule has 0 atom stereocenters. The van der Waals surface area contributed by atoms with E-state index in [0.717, 1.165) is 11.3 Å². The molecule has 2 rings (SSSR count). The lowest BCUT2D eigenvalue weighted by Crippen LogP contribution is -2.01. The molecule has 1 aromatic carbocycles. The topological polar surface area (TPSA) is 48.7 Å². The standard InChI is InChI=1S/C13H10ClN3/c14-12-4-1-5-13(11(12)7-15)17-9-10-3-2-6-16-8-10/h1-6,8,17H,9H2. The highest BCUT2D eigenvalue weighted by atomic mass is 35.5. The van der Waals surface area contributed by atoms with Gasteiger partial charge in [-0.2, -0.15) is 5.26 Å². The van der Waals surface area contributed by atoms with Gasteiger partial charge < -0.3 is 5.32 Å². The van der Waals surface area contributed by atoms with Crippen LogP contribution in [0.2, 0.25) is 5.02 Å². The van der Waals surface area contributed by atoms with E-state index in [1.807, 2.05) is 24.3 Å². The average molecular weight is 244 g/mol. The van der Waals surface area contributed by atoms with Gasteiger partial charge in [0, 0.05) is 18.9 Å². The summed E-state index contributed by atoms with van der Waals surface area (Å²) in [5.74, 6) is 0. The second-order valence-electron chi connectivity index (χ2n) is 3.49. The van der Waals surface area contributed by atoms with E-state index in [0.29, 0.717) is 17.1 Å². The molecule has 0 aliphatic heterocycles. The van der Waals surface area contributed by atoms with Gasteiger partial charge in [0.05, 0.1) is 16.3 Å². The molecule has 0 spiro atoms. The van der Waals surface area contributed by atoms with E-state index in [9.17, 15) is 0 Å². The number of halogens is 1. The monoisotopic (exact) mass is 243 g/mol. The number of nitriles is 1. The largest absolute Gasteiger partial charge is 0.380 e. The van der Waals surface area contributed by atoms with Gasteiger partial charge in [-0.25, -0.2) is 0 Å². The number of anilines is 1. The molecule has 4 heteroatoms. The summed E-state index contributed by atoms with van der Waals surface area (Å²) in [6.07, 6.45) is 3.51. The summed E-state index contributed by atoms with van der Waals surface area (Å²) in [6.45, 7) is 0.614. The molecule has 17 heavy (non-hydrogen) atoms. The lowest BCUT2D eigenvalue weighted by molar-refractivity contribution is 1.11. The predicted octanol–water partition coefficient (Wildman–Crippen LogP) is 3.22. The first kappa shape index (κ1) is 11.4. The number of rotatable bonds is 3. The molecule has 2 aromatic rings. The maximum Gasteiger partial charge on any atom is 0.103 e. The summed E-state index contributed by atoms with van der Waals surface area (Å²) in [6, 6.07) is 11.3. The Balaban J connectivity index is 2.15. The van der Waals surface area contributed by atoms with Crippen LogP contribution in [0.1, 0.15) is 11.1 Å². The van der Waals surface area contributed by atoms with E-state index in [1.54, 1.807) is 18.5 Å². The molecule has 1 aromatic heterocycles. The number of aromatic nitrogens is 1. The van der Waals surface area contributed by atoms with Crippen LogP contribution < -0.4 is 5.32 Å². The highest BCUT2D eigenvalue weighted by Crippen LogP contribution is 2.23. The molecule has 0 amide bonds. The quantitative estimate of drug-likeness (QED) is 0.901. The van der Waals surface area contributed by atoms with Gasteiger partial charge in [0.2, 0.25) is 0 Å². The lowest BCUT2D eigenvalue weighted by atomic mass is 10.2. The third-order valence-electron chi connectivity index (χ3n) is 2.33. The molecular formula is C13H10ClN3. The van der Waals surface area contributed by atoms with Crippen molar-refractivity contribution in [2.75, 3.05) is 5.32 Å². The predicted molar refractivity (Wildman–Crippen MR) is 67.7 cm³/mol. The van der Waals surface area contributed by atoms with Gasteiger partial charge in [0.25, 0.3) is 0 Å². The summed E-state index contributed by atoms with van der Waals surface area (Å²) < 4.78 is 0. The molecule has 0 saturated carbocycles. The summed E-state index contributed by atoms with van der Waals surface area (Å²) in [4.78, 5) is 4.03. The summed E-state index contributed by atoms with van der Waals surface area (Å²) in [7, 11) is 0. The fourth-order valence-electron chi connectivity index (χ4n) is 1.49. The van der Waals surface area contributed by atoms with Gasteiger partial charge in [-0.15, -0.1) is 0 Å². The fraction of sp³-hybridized carbons (Fsp3) is 0.0769. The van der Waals surface area contributed by atoms with E-state index in [-0.39, 0.29) is 0 Å². The zero-order valence-electron chi connectivity index (χ0n) is 9.02. The maximum atomic E-state index is 9.01. The van der Waals surface area contributed by atoms with E-state index in [2.05, 4.69) is 16.4 Å². The number of nitrogens with one attached hydrogen (secondary N) is 1. The van der Waals surface area contributed by atoms with Crippen molar-refractivity contribution >= 4 is 17.3 Å². The van der Waals surface area contributed by atoms with Crippen LogP contribution in [0, 0.1) is 11.3 Å². The first-order chi connectivity index (χ1) is 8.31. The Labute approximate surface area is 105 Å². The zero-order chi connectivity index (χ0) is 12.1. The highest BCUT2D eigenvalue weighted by Gasteiger charge is 2.05. The lowest BCUT2D eigenvalue weighted by Gasteiger charge is -2.08. The maximum absolute atomic E-state index is 9.01. The van der Waals surface area contributed by atoms with Crippen LogP contribution in [0.4, 0.5) is 5.69 Å². The number of hydrogen-bond donors (Lipinski definition) is 1. The number of pyridine rings is 1. The summed E-state index contributed by atoms with van der Waals surface area (Å²) in [5.41, 5.74) is 2.26. The third-order valence-corrected chi connectivity index (χ3v) is 2.65. The van der Waals surface area contributed by atoms with E-state index < -0.39 is 0 Å².